The van der Waals surface area contributed by atoms with Crippen LogP contribution in [-0.4, -0.2) is 25.8 Å². The van der Waals surface area contributed by atoms with Gasteiger partial charge in [0.2, 0.25) is 0 Å². The zero-order valence-corrected chi connectivity index (χ0v) is 9.24. The molecule has 1 rings (SSSR count). The van der Waals surface area contributed by atoms with Crippen molar-refractivity contribution in [2.75, 3.05) is 14.2 Å². The molecular formula is C11H18O3. The normalized spacial score (nSPS) is 22.4. The first kappa shape index (κ1) is 11.4. The molecule has 1 atom stereocenters. The first-order chi connectivity index (χ1) is 6.56. The number of ketones is 1. The molecule has 80 valence electrons. The van der Waals surface area contributed by atoms with Crippen molar-refractivity contribution in [3.05, 3.63) is 12.2 Å². The molecule has 0 radical (unpaired) electrons. The number of carbonyl (C=O) groups excluding carboxylic acids is 1. The largest absolute Gasteiger partial charge is 0.352 e. The zero-order chi connectivity index (χ0) is 10.8. The Balaban J connectivity index is 2.88. The van der Waals surface area contributed by atoms with E-state index in [-0.39, 0.29) is 17.6 Å². The standard InChI is InChI=1S/C11H18O3/c1-8(2)11(13-3,14-4)9-5-6-10(12)7-9/h5-6,8-9H,7H2,1-4H3. The van der Waals surface area contributed by atoms with Crippen molar-refractivity contribution < 1.29 is 14.3 Å². The van der Waals surface area contributed by atoms with Gasteiger partial charge in [-0.15, -0.1) is 0 Å². The smallest absolute Gasteiger partial charge is 0.176 e. The van der Waals surface area contributed by atoms with Gasteiger partial charge in [-0.1, -0.05) is 19.9 Å². The number of ether oxygens (including phenoxy) is 2. The Morgan fingerprint density at radius 1 is 1.43 bits per heavy atom. The van der Waals surface area contributed by atoms with E-state index in [0.717, 1.165) is 0 Å². The second kappa shape index (κ2) is 4.24. The highest BCUT2D eigenvalue weighted by molar-refractivity contribution is 5.92. The van der Waals surface area contributed by atoms with Crippen molar-refractivity contribution in [3.63, 3.8) is 0 Å². The summed E-state index contributed by atoms with van der Waals surface area (Å²) in [6, 6.07) is 0. The number of rotatable bonds is 4. The molecule has 0 N–H and O–H groups in total. The molecule has 0 bridgehead atoms. The molecule has 1 aliphatic rings. The van der Waals surface area contributed by atoms with E-state index in [1.807, 2.05) is 19.9 Å². The van der Waals surface area contributed by atoms with Crippen LogP contribution in [0.4, 0.5) is 0 Å². The maximum absolute atomic E-state index is 11.2. The number of methoxy groups -OCH3 is 2. The third-order valence-electron chi connectivity index (χ3n) is 2.90. The summed E-state index contributed by atoms with van der Waals surface area (Å²) >= 11 is 0. The predicted molar refractivity (Wildman–Crippen MR) is 53.8 cm³/mol. The van der Waals surface area contributed by atoms with E-state index in [2.05, 4.69) is 0 Å². The van der Waals surface area contributed by atoms with E-state index < -0.39 is 5.79 Å². The zero-order valence-electron chi connectivity index (χ0n) is 9.24. The molecule has 0 saturated carbocycles. The molecule has 0 amide bonds. The van der Waals surface area contributed by atoms with Crippen LogP contribution in [0.5, 0.6) is 0 Å². The van der Waals surface area contributed by atoms with Crippen molar-refractivity contribution >= 4 is 5.78 Å². The summed E-state index contributed by atoms with van der Waals surface area (Å²) in [7, 11) is 3.25. The fraction of sp³-hybridized carbons (Fsp3) is 0.727. The van der Waals surface area contributed by atoms with Crippen LogP contribution in [0.2, 0.25) is 0 Å². The molecule has 0 heterocycles. The number of hydrogen-bond acceptors (Lipinski definition) is 3. The SMILES string of the molecule is COC(OC)(C(C)C)C1C=CC(=O)C1. The summed E-state index contributed by atoms with van der Waals surface area (Å²) in [6.07, 6.45) is 3.98. The van der Waals surface area contributed by atoms with E-state index in [1.54, 1.807) is 20.3 Å². The van der Waals surface area contributed by atoms with Crippen LogP contribution in [-0.2, 0) is 14.3 Å². The van der Waals surface area contributed by atoms with Crippen molar-refractivity contribution in [2.24, 2.45) is 11.8 Å². The average Bonchev–Trinajstić information content (AvgIpc) is 2.55. The molecule has 14 heavy (non-hydrogen) atoms. The molecule has 3 nitrogen and oxygen atoms in total. The van der Waals surface area contributed by atoms with E-state index >= 15 is 0 Å². The molecule has 0 spiro atoms. The van der Waals surface area contributed by atoms with Crippen LogP contribution in [0.25, 0.3) is 0 Å². The van der Waals surface area contributed by atoms with Gasteiger partial charge in [0.05, 0.1) is 0 Å². The molecule has 0 aromatic carbocycles. The first-order valence-electron chi connectivity index (χ1n) is 4.88. The summed E-state index contributed by atoms with van der Waals surface area (Å²) in [5.41, 5.74) is 0. The quantitative estimate of drug-likeness (QED) is 0.646. The van der Waals surface area contributed by atoms with Crippen LogP contribution < -0.4 is 0 Å². The third-order valence-corrected chi connectivity index (χ3v) is 2.90. The summed E-state index contributed by atoms with van der Waals surface area (Å²) in [4.78, 5) is 11.2. The van der Waals surface area contributed by atoms with E-state index in [9.17, 15) is 4.79 Å². The molecule has 0 fully saturated rings. The Morgan fingerprint density at radius 2 is 2.00 bits per heavy atom. The minimum Gasteiger partial charge on any atom is -0.352 e. The lowest BCUT2D eigenvalue weighted by Gasteiger charge is -2.38. The van der Waals surface area contributed by atoms with E-state index in [4.69, 9.17) is 9.47 Å². The maximum atomic E-state index is 11.2. The summed E-state index contributed by atoms with van der Waals surface area (Å²) in [6.45, 7) is 4.06. The lowest BCUT2D eigenvalue weighted by molar-refractivity contribution is -0.255. The second-order valence-corrected chi connectivity index (χ2v) is 3.92. The highest BCUT2D eigenvalue weighted by Crippen LogP contribution is 2.36. The van der Waals surface area contributed by atoms with Gasteiger partial charge in [0, 0.05) is 32.5 Å². The van der Waals surface area contributed by atoms with Crippen LogP contribution >= 0.6 is 0 Å². The van der Waals surface area contributed by atoms with E-state index in [1.165, 1.54) is 0 Å². The summed E-state index contributed by atoms with van der Waals surface area (Å²) in [5, 5.41) is 0. The minimum absolute atomic E-state index is 0.0324. The summed E-state index contributed by atoms with van der Waals surface area (Å²) in [5.74, 6) is -0.278. The fourth-order valence-electron chi connectivity index (χ4n) is 2.14. The van der Waals surface area contributed by atoms with Gasteiger partial charge in [-0.25, -0.2) is 0 Å². The van der Waals surface area contributed by atoms with Gasteiger partial charge in [-0.3, -0.25) is 4.79 Å². The van der Waals surface area contributed by atoms with Crippen LogP contribution in [0.1, 0.15) is 20.3 Å². The second-order valence-electron chi connectivity index (χ2n) is 3.92. The molecule has 3 heteroatoms. The van der Waals surface area contributed by atoms with Gasteiger partial charge in [0.1, 0.15) is 0 Å². The molecule has 1 aliphatic carbocycles. The Morgan fingerprint density at radius 3 is 2.29 bits per heavy atom. The Bertz CT molecular complexity index is 239. The lowest BCUT2D eigenvalue weighted by atomic mass is 9.88. The van der Waals surface area contributed by atoms with Crippen molar-refractivity contribution in [3.8, 4) is 0 Å². The van der Waals surface area contributed by atoms with Gasteiger partial charge in [0.15, 0.2) is 11.6 Å². The van der Waals surface area contributed by atoms with Gasteiger partial charge in [0.25, 0.3) is 0 Å². The van der Waals surface area contributed by atoms with Gasteiger partial charge >= 0.3 is 0 Å². The monoisotopic (exact) mass is 198 g/mol. The number of allylic oxidation sites excluding steroid dienone is 1. The number of hydrogen-bond donors (Lipinski definition) is 0. The van der Waals surface area contributed by atoms with Gasteiger partial charge in [-0.05, 0) is 6.08 Å². The lowest BCUT2D eigenvalue weighted by Crippen LogP contribution is -2.45. The fourth-order valence-corrected chi connectivity index (χ4v) is 2.14. The van der Waals surface area contributed by atoms with Crippen molar-refractivity contribution in [1.82, 2.24) is 0 Å². The molecular weight excluding hydrogens is 180 g/mol. The Labute approximate surface area is 85.1 Å². The molecule has 0 aliphatic heterocycles. The van der Waals surface area contributed by atoms with Gasteiger partial charge in [-0.2, -0.15) is 0 Å². The minimum atomic E-state index is -0.664. The van der Waals surface area contributed by atoms with Crippen LogP contribution in [0.15, 0.2) is 12.2 Å². The first-order valence-corrected chi connectivity index (χ1v) is 4.88. The predicted octanol–water partition coefficient (Wildman–Crippen LogP) is 1.78. The Hall–Kier alpha value is -0.670. The van der Waals surface area contributed by atoms with Crippen molar-refractivity contribution in [1.29, 1.82) is 0 Å². The van der Waals surface area contributed by atoms with Crippen LogP contribution in [0.3, 0.4) is 0 Å². The summed E-state index contributed by atoms with van der Waals surface area (Å²) < 4.78 is 10.9. The van der Waals surface area contributed by atoms with Crippen LogP contribution in [0, 0.1) is 11.8 Å². The van der Waals surface area contributed by atoms with Crippen molar-refractivity contribution in [2.45, 2.75) is 26.1 Å². The number of carbonyl (C=O) groups is 1. The molecule has 0 aromatic heterocycles. The molecule has 1 unspecified atom stereocenters. The Kier molecular flexibility index (Phi) is 3.45. The average molecular weight is 198 g/mol. The maximum Gasteiger partial charge on any atom is 0.176 e. The third kappa shape index (κ3) is 1.74. The molecule has 0 saturated heterocycles. The highest BCUT2D eigenvalue weighted by atomic mass is 16.7. The topological polar surface area (TPSA) is 35.5 Å². The highest BCUT2D eigenvalue weighted by Gasteiger charge is 2.43. The molecule has 0 aromatic rings. The van der Waals surface area contributed by atoms with Gasteiger partial charge < -0.3 is 9.47 Å². The van der Waals surface area contributed by atoms with E-state index in [0.29, 0.717) is 6.42 Å².